The molecule has 3 N–H and O–H groups in total. The van der Waals surface area contributed by atoms with Crippen LogP contribution in [0.3, 0.4) is 0 Å². The number of nitrogens with zero attached hydrogens (tertiary/aromatic N) is 2. The van der Waals surface area contributed by atoms with Crippen molar-refractivity contribution in [3.63, 3.8) is 0 Å². The minimum atomic E-state index is -1.46. The number of fused-ring (bicyclic) bond motifs is 2. The summed E-state index contributed by atoms with van der Waals surface area (Å²) in [6.45, 7) is 4.87. The highest BCUT2D eigenvalue weighted by molar-refractivity contribution is 6.03. The molecule has 6 atom stereocenters. The number of carbonyl (C=O) groups is 2. The second-order valence-corrected chi connectivity index (χ2v) is 16.4. The molecule has 332 valence electrons. The first-order valence-corrected chi connectivity index (χ1v) is 22.0. The van der Waals surface area contributed by atoms with E-state index in [0.717, 1.165) is 53.5 Å². The first-order valence-electron chi connectivity index (χ1n) is 22.0. The number of benzene rings is 4. The van der Waals surface area contributed by atoms with Crippen LogP contribution in [0.25, 0.3) is 0 Å². The largest absolute Gasteiger partial charge is 0.459 e. The molecule has 0 spiro atoms. The third kappa shape index (κ3) is 10.8. The topological polar surface area (TPSA) is 148 Å². The van der Waals surface area contributed by atoms with Gasteiger partial charge in [-0.2, -0.15) is 0 Å². The van der Waals surface area contributed by atoms with Crippen molar-refractivity contribution in [1.29, 1.82) is 0 Å². The predicted octanol–water partition coefficient (Wildman–Crippen LogP) is 9.08. The number of allylic oxidation sites excluding steroid dienone is 1. The molecule has 4 aromatic rings. The lowest BCUT2D eigenvalue weighted by Crippen LogP contribution is -2.69. The quantitative estimate of drug-likeness (QED) is 0.0450. The van der Waals surface area contributed by atoms with E-state index >= 15 is 0 Å². The highest BCUT2D eigenvalue weighted by Crippen LogP contribution is 2.61. The molecule has 7 rings (SSSR count). The fourth-order valence-corrected chi connectivity index (χ4v) is 9.41. The molecular formula is C51H59N3O9. The zero-order chi connectivity index (χ0) is 44.0. The van der Waals surface area contributed by atoms with Crippen molar-refractivity contribution in [2.45, 2.75) is 82.5 Å². The van der Waals surface area contributed by atoms with Crippen molar-refractivity contribution in [2.24, 2.45) is 22.9 Å². The number of hydrogen-bond acceptors (Lipinski definition) is 10. The summed E-state index contributed by atoms with van der Waals surface area (Å²) in [6.07, 6.45) is 7.40. The van der Waals surface area contributed by atoms with Gasteiger partial charge in [0.25, 0.3) is 0 Å². The highest BCUT2D eigenvalue weighted by atomic mass is 16.7. The molecule has 63 heavy (non-hydrogen) atoms. The Morgan fingerprint density at radius 1 is 0.873 bits per heavy atom. The van der Waals surface area contributed by atoms with E-state index in [-0.39, 0.29) is 57.2 Å². The molecule has 0 aromatic heterocycles. The van der Waals surface area contributed by atoms with Crippen LogP contribution in [0.4, 0.5) is 9.59 Å². The van der Waals surface area contributed by atoms with Gasteiger partial charge >= 0.3 is 12.2 Å². The number of aliphatic hydroxyl groups excluding tert-OH is 2. The summed E-state index contributed by atoms with van der Waals surface area (Å²) in [7, 11) is 1.70. The maximum Gasteiger partial charge on any atom is 0.412 e. The average molecular weight is 858 g/mol. The Kier molecular flexibility index (Phi) is 15.7. The Bertz CT molecular complexity index is 2180. The van der Waals surface area contributed by atoms with Crippen LogP contribution in [-0.2, 0) is 34.1 Å². The molecule has 4 aromatic carbocycles. The lowest BCUT2D eigenvalue weighted by atomic mass is 9.55. The van der Waals surface area contributed by atoms with Gasteiger partial charge in [-0.05, 0) is 78.0 Å². The van der Waals surface area contributed by atoms with E-state index in [4.69, 9.17) is 28.9 Å². The molecular weight excluding hydrogens is 799 g/mol. The Morgan fingerprint density at radius 2 is 1.52 bits per heavy atom. The third-order valence-electron chi connectivity index (χ3n) is 12.3. The SMILES string of the molecule is C=CCOC12Oc3ccc(OC(=O)NCc4ccccc4)cc3C3C(CCCCO)C(CCCCO)C=C(C(=NOCc4ccccc4)CC1N(C)C(=O)OCc1ccccc1)C32. The fourth-order valence-electron chi connectivity index (χ4n) is 9.41. The van der Waals surface area contributed by atoms with E-state index in [0.29, 0.717) is 36.6 Å². The van der Waals surface area contributed by atoms with Crippen molar-refractivity contribution in [2.75, 3.05) is 26.9 Å². The number of likely N-dealkylation sites (N-methyl/N-ethyl adjacent to an activating group) is 1. The molecule has 12 heteroatoms. The number of hydrogen-bond donors (Lipinski definition) is 3. The van der Waals surface area contributed by atoms with Crippen LogP contribution in [0, 0.1) is 17.8 Å². The minimum Gasteiger partial charge on any atom is -0.459 e. The number of amides is 2. The van der Waals surface area contributed by atoms with Gasteiger partial charge < -0.3 is 44.2 Å². The average Bonchev–Trinajstić information content (AvgIpc) is 3.31. The van der Waals surface area contributed by atoms with Gasteiger partial charge in [0.2, 0.25) is 5.79 Å². The van der Waals surface area contributed by atoms with Crippen LogP contribution in [0.15, 0.2) is 139 Å². The van der Waals surface area contributed by atoms with Gasteiger partial charge in [0.1, 0.15) is 30.8 Å². The summed E-state index contributed by atoms with van der Waals surface area (Å²) in [6, 6.07) is 33.6. The summed E-state index contributed by atoms with van der Waals surface area (Å²) in [5, 5.41) is 27.6. The van der Waals surface area contributed by atoms with E-state index in [2.05, 4.69) is 18.0 Å². The van der Waals surface area contributed by atoms with E-state index < -0.39 is 29.9 Å². The summed E-state index contributed by atoms with van der Waals surface area (Å²) in [4.78, 5) is 35.2. The Morgan fingerprint density at radius 3 is 2.19 bits per heavy atom. The van der Waals surface area contributed by atoms with Crippen molar-refractivity contribution in [3.8, 4) is 11.5 Å². The minimum absolute atomic E-state index is 0.0129. The molecule has 1 heterocycles. The fraction of sp³-hybridized carbons (Fsp3) is 0.392. The van der Waals surface area contributed by atoms with Crippen molar-refractivity contribution in [1.82, 2.24) is 10.2 Å². The van der Waals surface area contributed by atoms with E-state index in [1.165, 1.54) is 0 Å². The van der Waals surface area contributed by atoms with Crippen LogP contribution in [0.5, 0.6) is 11.5 Å². The Balaban J connectivity index is 1.34. The van der Waals surface area contributed by atoms with Crippen molar-refractivity contribution < 1.29 is 43.6 Å². The number of ether oxygens (including phenoxy) is 4. The maximum absolute atomic E-state index is 14.2. The second-order valence-electron chi connectivity index (χ2n) is 16.4. The molecule has 2 aliphatic carbocycles. The molecule has 12 nitrogen and oxygen atoms in total. The van der Waals surface area contributed by atoms with E-state index in [9.17, 15) is 19.8 Å². The molecule has 0 saturated heterocycles. The third-order valence-corrected chi connectivity index (χ3v) is 12.3. The van der Waals surface area contributed by atoms with Crippen molar-refractivity contribution in [3.05, 3.63) is 156 Å². The maximum atomic E-state index is 14.2. The zero-order valence-electron chi connectivity index (χ0n) is 36.0. The first kappa shape index (κ1) is 45.1. The van der Waals surface area contributed by atoms with Gasteiger partial charge in [-0.3, -0.25) is 0 Å². The Labute approximate surface area is 370 Å². The van der Waals surface area contributed by atoms with Gasteiger partial charge in [0.15, 0.2) is 0 Å². The Hall–Kier alpha value is -5.95. The first-order chi connectivity index (χ1) is 30.8. The molecule has 0 bridgehead atoms. The summed E-state index contributed by atoms with van der Waals surface area (Å²) in [5.74, 6) is -1.41. The molecule has 1 aliphatic heterocycles. The standard InChI is InChI=1S/C51H59N3O9/c1-3-29-60-51-46(54(2)50(58)59-34-37-19-9-5-10-20-37)32-44(53-61-35-38-21-11-6-12-22-38)42-30-39(23-13-15-27-55)41(24-14-16-28-56)47(48(42)51)43-31-40(25-26-45(43)63-51)62-49(57)52-33-36-17-7-4-8-18-36/h3-12,17-22,25-26,30-31,39,41,46-48,55-56H,1,13-16,23-24,27-29,32-35H2,2H3,(H,52,57). The number of carbonyl (C=O) groups excluding carboxylic acids is 2. The monoisotopic (exact) mass is 857 g/mol. The van der Waals surface area contributed by atoms with Gasteiger partial charge in [-0.15, -0.1) is 6.58 Å². The lowest BCUT2D eigenvalue weighted by Gasteiger charge is -2.59. The smallest absolute Gasteiger partial charge is 0.412 e. The van der Waals surface area contributed by atoms with Gasteiger partial charge in [-0.1, -0.05) is 121 Å². The van der Waals surface area contributed by atoms with Crippen LogP contribution in [0.1, 0.15) is 73.1 Å². The second kappa shape index (κ2) is 21.9. The lowest BCUT2D eigenvalue weighted by molar-refractivity contribution is -0.253. The number of nitrogens with one attached hydrogen (secondary N) is 1. The van der Waals surface area contributed by atoms with E-state index in [1.54, 1.807) is 24.1 Å². The molecule has 1 saturated carbocycles. The van der Waals surface area contributed by atoms with Crippen LogP contribution in [-0.4, -0.2) is 71.7 Å². The van der Waals surface area contributed by atoms with Crippen LogP contribution < -0.4 is 14.8 Å². The van der Waals surface area contributed by atoms with E-state index in [1.807, 2.05) is 103 Å². The van der Waals surface area contributed by atoms with Crippen LogP contribution in [0.2, 0.25) is 0 Å². The number of oxime groups is 1. The number of unbranched alkanes of at least 4 members (excludes halogenated alkanes) is 2. The molecule has 1 fully saturated rings. The molecule has 0 radical (unpaired) electrons. The normalized spacial score (nSPS) is 22.7. The molecule has 3 aliphatic rings. The summed E-state index contributed by atoms with van der Waals surface area (Å²) in [5.41, 5.74) is 5.13. The van der Waals surface area contributed by atoms with Gasteiger partial charge in [-0.25, -0.2) is 9.59 Å². The highest BCUT2D eigenvalue weighted by Gasteiger charge is 2.65. The summed E-state index contributed by atoms with van der Waals surface area (Å²) >= 11 is 0. The number of rotatable bonds is 20. The molecule has 2 amide bonds. The van der Waals surface area contributed by atoms with Gasteiger partial charge in [0.05, 0.1) is 18.2 Å². The predicted molar refractivity (Wildman–Crippen MR) is 240 cm³/mol. The van der Waals surface area contributed by atoms with Gasteiger partial charge in [0, 0.05) is 44.7 Å². The van der Waals surface area contributed by atoms with Crippen molar-refractivity contribution >= 4 is 17.9 Å². The molecule has 6 unspecified atom stereocenters. The zero-order valence-corrected chi connectivity index (χ0v) is 36.0. The summed E-state index contributed by atoms with van der Waals surface area (Å²) < 4.78 is 26.1. The van der Waals surface area contributed by atoms with Crippen LogP contribution >= 0.6 is 0 Å². The number of aliphatic hydroxyl groups is 2.